The Kier molecular flexibility index (Phi) is 7.69. The molecule has 10 heteroatoms. The molecule has 0 radical (unpaired) electrons. The molecule has 0 saturated heterocycles. The third-order valence-corrected chi connectivity index (χ3v) is 3.42. The fourth-order valence-electron chi connectivity index (χ4n) is 2.16. The van der Waals surface area contributed by atoms with Crippen LogP contribution in [0.15, 0.2) is 34.9 Å². The van der Waals surface area contributed by atoms with Crippen molar-refractivity contribution in [3.63, 3.8) is 0 Å². The van der Waals surface area contributed by atoms with Crippen molar-refractivity contribution in [3.05, 3.63) is 42.0 Å². The lowest BCUT2D eigenvalue weighted by Crippen LogP contribution is -2.17. The Morgan fingerprint density at radius 1 is 1.24 bits per heavy atom. The van der Waals surface area contributed by atoms with E-state index >= 15 is 0 Å². The first-order valence-corrected chi connectivity index (χ1v) is 7.12. The monoisotopic (exact) mass is 386 g/mol. The van der Waals surface area contributed by atoms with Crippen molar-refractivity contribution in [1.82, 2.24) is 20.3 Å². The van der Waals surface area contributed by atoms with E-state index in [0.717, 1.165) is 22.8 Å². The first kappa shape index (κ1) is 20.8. The van der Waals surface area contributed by atoms with Crippen LogP contribution in [0.4, 0.5) is 5.82 Å². The van der Waals surface area contributed by atoms with Gasteiger partial charge in [0.05, 0.1) is 25.9 Å². The fraction of sp³-hybridized carbons (Fsp3) is 0.267. The summed E-state index contributed by atoms with van der Waals surface area (Å²) in [5.74, 6) is 2.60. The predicted octanol–water partition coefficient (Wildman–Crippen LogP) is 2.41. The Morgan fingerprint density at radius 3 is 2.56 bits per heavy atom. The molecular formula is C15H20Cl2N6O2. The second-order valence-electron chi connectivity index (χ2n) is 5.03. The zero-order valence-corrected chi connectivity index (χ0v) is 15.4. The molecule has 0 aliphatic heterocycles. The lowest BCUT2D eigenvalue weighted by atomic mass is 10.1. The van der Waals surface area contributed by atoms with E-state index in [0.29, 0.717) is 18.3 Å². The van der Waals surface area contributed by atoms with Crippen molar-refractivity contribution in [2.45, 2.75) is 13.1 Å². The molecule has 0 atom stereocenters. The number of nitrogens with zero attached hydrogens (tertiary/aromatic N) is 4. The van der Waals surface area contributed by atoms with Crippen LogP contribution in [0.25, 0.3) is 11.3 Å². The van der Waals surface area contributed by atoms with E-state index < -0.39 is 0 Å². The highest BCUT2D eigenvalue weighted by molar-refractivity contribution is 5.85. The van der Waals surface area contributed by atoms with Crippen molar-refractivity contribution in [2.24, 2.45) is 5.73 Å². The van der Waals surface area contributed by atoms with Crippen LogP contribution in [-0.2, 0) is 13.1 Å². The van der Waals surface area contributed by atoms with Gasteiger partial charge in [0.2, 0.25) is 5.89 Å². The maximum absolute atomic E-state index is 5.46. The second-order valence-corrected chi connectivity index (χ2v) is 5.03. The van der Waals surface area contributed by atoms with Gasteiger partial charge in [0.15, 0.2) is 11.6 Å². The van der Waals surface area contributed by atoms with Crippen LogP contribution < -0.4 is 15.4 Å². The van der Waals surface area contributed by atoms with Gasteiger partial charge in [-0.15, -0.1) is 24.8 Å². The van der Waals surface area contributed by atoms with Crippen LogP contribution in [0.1, 0.15) is 11.7 Å². The summed E-state index contributed by atoms with van der Waals surface area (Å²) in [5.41, 5.74) is 7.41. The van der Waals surface area contributed by atoms with E-state index in [-0.39, 0.29) is 31.4 Å². The third-order valence-electron chi connectivity index (χ3n) is 3.42. The summed E-state index contributed by atoms with van der Waals surface area (Å²) < 4.78 is 10.2. The van der Waals surface area contributed by atoms with Crippen molar-refractivity contribution in [2.75, 3.05) is 19.1 Å². The molecule has 0 aliphatic carbocycles. The van der Waals surface area contributed by atoms with Crippen LogP contribution in [0.2, 0.25) is 0 Å². The minimum absolute atomic E-state index is 0. The van der Waals surface area contributed by atoms with Crippen molar-refractivity contribution in [3.8, 4) is 17.0 Å². The minimum atomic E-state index is 0. The van der Waals surface area contributed by atoms with Gasteiger partial charge in [-0.25, -0.2) is 0 Å². The maximum atomic E-state index is 5.46. The smallest absolute Gasteiger partial charge is 0.240 e. The number of rotatable bonds is 6. The molecule has 1 aromatic carbocycles. The highest BCUT2D eigenvalue weighted by Crippen LogP contribution is 2.24. The molecule has 0 aliphatic rings. The van der Waals surface area contributed by atoms with Gasteiger partial charge in [-0.05, 0) is 29.8 Å². The van der Waals surface area contributed by atoms with Gasteiger partial charge in [-0.1, -0.05) is 5.16 Å². The number of anilines is 1. The first-order valence-electron chi connectivity index (χ1n) is 7.12. The number of benzene rings is 1. The summed E-state index contributed by atoms with van der Waals surface area (Å²) in [6, 6.07) is 9.73. The summed E-state index contributed by atoms with van der Waals surface area (Å²) in [6.45, 7) is 0.719. The van der Waals surface area contributed by atoms with Gasteiger partial charge in [-0.3, -0.25) is 5.10 Å². The van der Waals surface area contributed by atoms with E-state index in [1.165, 1.54) is 0 Å². The maximum Gasteiger partial charge on any atom is 0.240 e. The van der Waals surface area contributed by atoms with Gasteiger partial charge in [0, 0.05) is 13.1 Å². The number of nitrogens with two attached hydrogens (primary N) is 1. The number of methoxy groups -OCH3 is 1. The molecule has 3 aromatic rings. The molecule has 0 fully saturated rings. The molecule has 2 aromatic heterocycles. The van der Waals surface area contributed by atoms with E-state index in [4.69, 9.17) is 15.0 Å². The van der Waals surface area contributed by atoms with Crippen molar-refractivity contribution in [1.29, 1.82) is 0 Å². The Hall–Kier alpha value is -2.29. The summed E-state index contributed by atoms with van der Waals surface area (Å²) in [6.07, 6.45) is 0. The van der Waals surface area contributed by atoms with Crippen LogP contribution >= 0.6 is 24.8 Å². The average molecular weight is 387 g/mol. The van der Waals surface area contributed by atoms with Gasteiger partial charge in [0.25, 0.3) is 0 Å². The van der Waals surface area contributed by atoms with Gasteiger partial charge in [0.1, 0.15) is 5.75 Å². The number of hydrogen-bond acceptors (Lipinski definition) is 7. The first-order chi connectivity index (χ1) is 11.2. The Labute approximate surface area is 157 Å². The summed E-state index contributed by atoms with van der Waals surface area (Å²) in [4.78, 5) is 6.11. The third kappa shape index (κ3) is 4.85. The topological polar surface area (TPSA) is 106 Å². The number of ether oxygens (including phenoxy) is 1. The Morgan fingerprint density at radius 2 is 1.96 bits per heavy atom. The minimum Gasteiger partial charge on any atom is -0.497 e. The average Bonchev–Trinajstić information content (AvgIpc) is 3.24. The molecule has 0 bridgehead atoms. The standard InChI is InChI=1S/C15H18N6O2.2ClH/c1-21(9-13-17-15(8-16)23-20-13)14-7-12(18-19-14)10-3-5-11(22-2)6-4-10;;/h3-7H,8-9,16H2,1-2H3,(H,18,19);2*1H. The van der Waals surface area contributed by atoms with E-state index in [1.807, 2.05) is 42.3 Å². The molecule has 136 valence electrons. The second kappa shape index (κ2) is 9.26. The van der Waals surface area contributed by atoms with Crippen LogP contribution in [0, 0.1) is 0 Å². The highest BCUT2D eigenvalue weighted by atomic mass is 35.5. The molecule has 0 saturated carbocycles. The summed E-state index contributed by atoms with van der Waals surface area (Å²) >= 11 is 0. The molecule has 3 N–H and O–H groups in total. The van der Waals surface area contributed by atoms with Crippen LogP contribution in [0.5, 0.6) is 5.75 Å². The molecule has 25 heavy (non-hydrogen) atoms. The number of aromatic nitrogens is 4. The molecule has 8 nitrogen and oxygen atoms in total. The normalized spacial score (nSPS) is 9.88. The molecule has 2 heterocycles. The number of aromatic amines is 1. The van der Waals surface area contributed by atoms with E-state index in [1.54, 1.807) is 7.11 Å². The Bertz CT molecular complexity index is 774. The van der Waals surface area contributed by atoms with Crippen molar-refractivity contribution < 1.29 is 9.26 Å². The molecule has 0 unspecified atom stereocenters. The van der Waals surface area contributed by atoms with Gasteiger partial charge in [-0.2, -0.15) is 10.1 Å². The molecule has 3 rings (SSSR count). The fourth-order valence-corrected chi connectivity index (χ4v) is 2.16. The van der Waals surface area contributed by atoms with E-state index in [9.17, 15) is 0 Å². The number of hydrogen-bond donors (Lipinski definition) is 2. The quantitative estimate of drug-likeness (QED) is 0.669. The summed E-state index contributed by atoms with van der Waals surface area (Å²) in [5, 5.41) is 11.2. The zero-order chi connectivity index (χ0) is 16.2. The lowest BCUT2D eigenvalue weighted by Gasteiger charge is -2.12. The predicted molar refractivity (Wildman–Crippen MR) is 99.4 cm³/mol. The Balaban J connectivity index is 0.00000156. The molecular weight excluding hydrogens is 367 g/mol. The number of nitrogens with one attached hydrogen (secondary N) is 1. The van der Waals surface area contributed by atoms with Crippen LogP contribution in [0.3, 0.4) is 0 Å². The van der Waals surface area contributed by atoms with Crippen LogP contribution in [-0.4, -0.2) is 34.5 Å². The van der Waals surface area contributed by atoms with Gasteiger partial charge >= 0.3 is 0 Å². The molecule has 0 amide bonds. The van der Waals surface area contributed by atoms with Gasteiger partial charge < -0.3 is 19.9 Å². The number of halogens is 2. The van der Waals surface area contributed by atoms with Crippen molar-refractivity contribution >= 4 is 30.6 Å². The SMILES string of the molecule is COc1ccc(-c2cc(N(C)Cc3noc(CN)n3)n[nH]2)cc1.Cl.Cl. The lowest BCUT2D eigenvalue weighted by molar-refractivity contribution is 0.374. The van der Waals surface area contributed by atoms with E-state index in [2.05, 4.69) is 20.3 Å². The summed E-state index contributed by atoms with van der Waals surface area (Å²) in [7, 11) is 3.55. The molecule has 0 spiro atoms. The number of H-pyrrole nitrogens is 1. The largest absolute Gasteiger partial charge is 0.497 e. The highest BCUT2D eigenvalue weighted by Gasteiger charge is 2.12. The zero-order valence-electron chi connectivity index (χ0n) is 13.8.